The maximum absolute atomic E-state index is 11.8. The second-order valence-electron chi connectivity index (χ2n) is 16.3. The average Bonchev–Trinajstić information content (AvgIpc) is 3.11. The van der Waals surface area contributed by atoms with Gasteiger partial charge in [-0.25, -0.2) is 0 Å². The number of rotatable bonds is 14. The quantitative estimate of drug-likeness (QED) is 0.132. The Morgan fingerprint density at radius 1 is 0.615 bits per heavy atom. The Labute approximate surface area is 313 Å². The van der Waals surface area contributed by atoms with Crippen molar-refractivity contribution in [3.63, 3.8) is 0 Å². The molecule has 5 atom stereocenters. The lowest BCUT2D eigenvalue weighted by Gasteiger charge is -2.53. The SMILES string of the molecule is COc1ccc(COC[C@H]2O[C@H](O)[C@@H](OCc3ccccc3)[C@@H](O[Si](C)(C)C(C)(C)C)[C@@H]2O[Si](c2ccccc2)(c2ccccc2)C(C)(C)C)cc1. The van der Waals surface area contributed by atoms with Gasteiger partial charge in [-0.2, -0.15) is 0 Å². The first-order valence-electron chi connectivity index (χ1n) is 18.3. The number of methoxy groups -OCH3 is 1. The molecular formula is C43H58O7Si2. The normalized spacial score (nSPS) is 21.5. The molecule has 1 fully saturated rings. The lowest BCUT2D eigenvalue weighted by molar-refractivity contribution is -0.294. The van der Waals surface area contributed by atoms with Crippen LogP contribution in [-0.4, -0.2) is 66.2 Å². The number of aliphatic hydroxyl groups is 1. The molecule has 0 unspecified atom stereocenters. The van der Waals surface area contributed by atoms with E-state index in [-0.39, 0.29) is 23.3 Å². The minimum Gasteiger partial charge on any atom is -0.497 e. The Kier molecular flexibility index (Phi) is 13.0. The molecule has 1 aliphatic rings. The molecule has 0 aromatic heterocycles. The molecule has 0 saturated carbocycles. The largest absolute Gasteiger partial charge is 0.497 e. The highest BCUT2D eigenvalue weighted by atomic mass is 28.4. The molecule has 9 heteroatoms. The van der Waals surface area contributed by atoms with Crippen molar-refractivity contribution in [2.75, 3.05) is 13.7 Å². The van der Waals surface area contributed by atoms with Crippen molar-refractivity contribution in [3.8, 4) is 5.75 Å². The van der Waals surface area contributed by atoms with Gasteiger partial charge < -0.3 is 32.9 Å². The Hall–Kier alpha value is -3.13. The molecule has 0 aliphatic carbocycles. The number of hydrogen-bond acceptors (Lipinski definition) is 7. The lowest BCUT2D eigenvalue weighted by Crippen LogP contribution is -2.73. The first-order chi connectivity index (χ1) is 24.7. The van der Waals surface area contributed by atoms with E-state index in [1.54, 1.807) is 7.11 Å². The Balaban J connectivity index is 1.63. The molecule has 0 amide bonds. The van der Waals surface area contributed by atoms with Crippen LogP contribution in [0.5, 0.6) is 5.75 Å². The van der Waals surface area contributed by atoms with E-state index in [0.29, 0.717) is 6.61 Å². The third-order valence-corrected chi connectivity index (χ3v) is 20.1. The molecule has 5 rings (SSSR count). The molecule has 4 aromatic rings. The molecule has 1 aliphatic heterocycles. The van der Waals surface area contributed by atoms with Crippen molar-refractivity contribution in [1.29, 1.82) is 0 Å². The predicted molar refractivity (Wildman–Crippen MR) is 213 cm³/mol. The zero-order valence-corrected chi connectivity index (χ0v) is 34.4. The van der Waals surface area contributed by atoms with E-state index in [1.165, 1.54) is 0 Å². The zero-order chi connectivity index (χ0) is 37.6. The van der Waals surface area contributed by atoms with Gasteiger partial charge >= 0.3 is 0 Å². The number of benzene rings is 4. The van der Waals surface area contributed by atoms with Gasteiger partial charge in [0.25, 0.3) is 8.32 Å². The van der Waals surface area contributed by atoms with E-state index >= 15 is 0 Å². The summed E-state index contributed by atoms with van der Waals surface area (Å²) in [5.41, 5.74) is 2.00. The summed E-state index contributed by atoms with van der Waals surface area (Å²) in [7, 11) is -3.97. The summed E-state index contributed by atoms with van der Waals surface area (Å²) in [6, 6.07) is 39.0. The van der Waals surface area contributed by atoms with Crippen LogP contribution in [0.4, 0.5) is 0 Å². The maximum atomic E-state index is 11.8. The van der Waals surface area contributed by atoms with Gasteiger partial charge in [0, 0.05) is 0 Å². The molecule has 0 spiro atoms. The van der Waals surface area contributed by atoms with Crippen LogP contribution < -0.4 is 15.1 Å². The van der Waals surface area contributed by atoms with Crippen molar-refractivity contribution < 1.29 is 32.9 Å². The topological polar surface area (TPSA) is 75.6 Å². The van der Waals surface area contributed by atoms with Crippen LogP contribution in [0, 0.1) is 0 Å². The number of ether oxygens (including phenoxy) is 4. The molecule has 1 heterocycles. The molecule has 280 valence electrons. The fraction of sp³-hybridized carbons (Fsp3) is 0.442. The highest BCUT2D eigenvalue weighted by Gasteiger charge is 2.58. The van der Waals surface area contributed by atoms with Gasteiger partial charge in [0.05, 0.1) is 26.9 Å². The molecule has 1 N–H and O–H groups in total. The van der Waals surface area contributed by atoms with Gasteiger partial charge in [-0.1, -0.05) is 145 Å². The first-order valence-corrected chi connectivity index (χ1v) is 23.1. The standard InChI is InChI=1S/C43H58O7Si2/c1-42(2,3)51(8,9)49-39-38(50-52(43(4,5)6,35-21-15-11-16-22-35)36-23-17-12-18-24-36)37(31-46-29-33-25-27-34(45-7)28-26-33)48-41(44)40(39)47-30-32-19-13-10-14-20-32/h10-28,37-41,44H,29-31H2,1-9H3/t37-,38-,39+,40+,41+/m1/s1. The highest BCUT2D eigenvalue weighted by Crippen LogP contribution is 2.43. The van der Waals surface area contributed by atoms with Gasteiger partial charge in [-0.15, -0.1) is 0 Å². The van der Waals surface area contributed by atoms with E-state index in [9.17, 15) is 5.11 Å². The molecule has 0 bridgehead atoms. The van der Waals surface area contributed by atoms with Gasteiger partial charge in [0.2, 0.25) is 0 Å². The third-order valence-electron chi connectivity index (χ3n) is 10.6. The maximum Gasteiger partial charge on any atom is 0.261 e. The second kappa shape index (κ2) is 16.9. The summed E-state index contributed by atoms with van der Waals surface area (Å²) in [5.74, 6) is 0.786. The van der Waals surface area contributed by atoms with Crippen molar-refractivity contribution in [2.45, 2.75) is 109 Å². The molecule has 1 saturated heterocycles. The van der Waals surface area contributed by atoms with Crippen molar-refractivity contribution >= 4 is 27.0 Å². The summed E-state index contributed by atoms with van der Waals surface area (Å²) >= 11 is 0. The summed E-state index contributed by atoms with van der Waals surface area (Å²) < 4.78 is 40.2. The van der Waals surface area contributed by atoms with Crippen LogP contribution in [0.1, 0.15) is 52.7 Å². The lowest BCUT2D eigenvalue weighted by atomic mass is 9.99. The van der Waals surface area contributed by atoms with E-state index in [4.69, 9.17) is 27.8 Å². The van der Waals surface area contributed by atoms with Gasteiger partial charge in [0.15, 0.2) is 14.6 Å². The summed E-state index contributed by atoms with van der Waals surface area (Å²) in [6.07, 6.45) is -4.08. The fourth-order valence-corrected chi connectivity index (χ4v) is 12.7. The van der Waals surface area contributed by atoms with E-state index in [0.717, 1.165) is 27.2 Å². The van der Waals surface area contributed by atoms with Crippen LogP contribution in [-0.2, 0) is 36.3 Å². The zero-order valence-electron chi connectivity index (χ0n) is 32.4. The summed E-state index contributed by atoms with van der Waals surface area (Å²) in [5, 5.41) is 13.7. The average molecular weight is 743 g/mol. The van der Waals surface area contributed by atoms with Crippen molar-refractivity contribution in [1.82, 2.24) is 0 Å². The predicted octanol–water partition coefficient (Wildman–Crippen LogP) is 7.85. The minimum atomic E-state index is -3.14. The number of hydrogen-bond donors (Lipinski definition) is 1. The summed E-state index contributed by atoms with van der Waals surface area (Å²) in [4.78, 5) is 0. The van der Waals surface area contributed by atoms with Gasteiger partial charge in [-0.3, -0.25) is 0 Å². The Morgan fingerprint density at radius 3 is 1.63 bits per heavy atom. The highest BCUT2D eigenvalue weighted by molar-refractivity contribution is 6.99. The molecule has 0 radical (unpaired) electrons. The van der Waals surface area contributed by atoms with E-state index in [1.807, 2.05) is 66.7 Å². The molecule has 4 aromatic carbocycles. The van der Waals surface area contributed by atoms with Crippen LogP contribution >= 0.6 is 0 Å². The van der Waals surface area contributed by atoms with Crippen LogP contribution in [0.2, 0.25) is 23.2 Å². The van der Waals surface area contributed by atoms with Gasteiger partial charge in [-0.05, 0) is 56.8 Å². The molecule has 52 heavy (non-hydrogen) atoms. The van der Waals surface area contributed by atoms with E-state index in [2.05, 4.69) is 103 Å². The molecular weight excluding hydrogens is 685 g/mol. The smallest absolute Gasteiger partial charge is 0.261 e. The number of aliphatic hydroxyl groups excluding tert-OH is 1. The van der Waals surface area contributed by atoms with Crippen LogP contribution in [0.25, 0.3) is 0 Å². The van der Waals surface area contributed by atoms with Crippen molar-refractivity contribution in [2.24, 2.45) is 0 Å². The van der Waals surface area contributed by atoms with Crippen LogP contribution in [0.3, 0.4) is 0 Å². The minimum absolute atomic E-state index is 0.122. The van der Waals surface area contributed by atoms with E-state index < -0.39 is 47.3 Å². The van der Waals surface area contributed by atoms with Crippen LogP contribution in [0.15, 0.2) is 115 Å². The fourth-order valence-electron chi connectivity index (χ4n) is 6.68. The Morgan fingerprint density at radius 2 is 1.13 bits per heavy atom. The molecule has 7 nitrogen and oxygen atoms in total. The third kappa shape index (κ3) is 9.14. The van der Waals surface area contributed by atoms with Crippen molar-refractivity contribution in [3.05, 3.63) is 126 Å². The van der Waals surface area contributed by atoms with Gasteiger partial charge in [0.1, 0.15) is 30.2 Å². The monoisotopic (exact) mass is 742 g/mol. The Bertz CT molecular complexity index is 1620. The second-order valence-corrected chi connectivity index (χ2v) is 25.3. The summed E-state index contributed by atoms with van der Waals surface area (Å²) in [6.45, 7) is 18.7. The first kappa shape index (κ1) is 40.1.